The van der Waals surface area contributed by atoms with E-state index in [1.807, 2.05) is 6.92 Å². The maximum atomic E-state index is 13.4. The van der Waals surface area contributed by atoms with E-state index in [1.165, 1.54) is 37.6 Å². The molecule has 0 fully saturated rings. The van der Waals surface area contributed by atoms with Gasteiger partial charge in [0, 0.05) is 0 Å². The lowest BCUT2D eigenvalue weighted by Crippen LogP contribution is -2.39. The van der Waals surface area contributed by atoms with E-state index in [0.29, 0.717) is 11.3 Å². The maximum Gasteiger partial charge on any atom is 0.264 e. The Kier molecular flexibility index (Phi) is 7.21. The second-order valence-corrected chi connectivity index (χ2v) is 8.73. The SMILES string of the molecule is COc1cccc(/C=N\NC(=O)CN(c2ccc(F)cc2)S(=O)(=O)c2ccc(C)cc2)c1. The highest BCUT2D eigenvalue weighted by atomic mass is 32.2. The van der Waals surface area contributed by atoms with Crippen LogP contribution in [0.3, 0.4) is 0 Å². The summed E-state index contributed by atoms with van der Waals surface area (Å²) in [7, 11) is -2.55. The lowest BCUT2D eigenvalue weighted by molar-refractivity contribution is -0.119. The molecule has 0 unspecified atom stereocenters. The zero-order valence-electron chi connectivity index (χ0n) is 17.5. The molecule has 166 valence electrons. The minimum absolute atomic E-state index is 0.0140. The van der Waals surface area contributed by atoms with Crippen LogP contribution < -0.4 is 14.5 Å². The summed E-state index contributed by atoms with van der Waals surface area (Å²) >= 11 is 0. The van der Waals surface area contributed by atoms with E-state index in [2.05, 4.69) is 10.5 Å². The predicted molar refractivity (Wildman–Crippen MR) is 121 cm³/mol. The van der Waals surface area contributed by atoms with Gasteiger partial charge in [-0.1, -0.05) is 29.8 Å². The molecule has 0 atom stereocenters. The van der Waals surface area contributed by atoms with Gasteiger partial charge in [-0.2, -0.15) is 5.10 Å². The molecule has 0 saturated heterocycles. The van der Waals surface area contributed by atoms with Gasteiger partial charge in [0.1, 0.15) is 18.1 Å². The van der Waals surface area contributed by atoms with Gasteiger partial charge < -0.3 is 4.74 Å². The molecule has 32 heavy (non-hydrogen) atoms. The van der Waals surface area contributed by atoms with Gasteiger partial charge in [-0.05, 0) is 61.0 Å². The van der Waals surface area contributed by atoms with Gasteiger partial charge in [0.25, 0.3) is 15.9 Å². The van der Waals surface area contributed by atoms with Crippen LogP contribution in [0.2, 0.25) is 0 Å². The number of sulfonamides is 1. The first-order valence-electron chi connectivity index (χ1n) is 9.60. The molecule has 0 spiro atoms. The highest BCUT2D eigenvalue weighted by molar-refractivity contribution is 7.92. The number of halogens is 1. The van der Waals surface area contributed by atoms with Gasteiger partial charge in [0.15, 0.2) is 0 Å². The number of nitrogens with one attached hydrogen (secondary N) is 1. The average molecular weight is 456 g/mol. The number of rotatable bonds is 8. The summed E-state index contributed by atoms with van der Waals surface area (Å²) < 4.78 is 45.9. The number of amides is 1. The number of nitrogens with zero attached hydrogens (tertiary/aromatic N) is 2. The quantitative estimate of drug-likeness (QED) is 0.416. The third kappa shape index (κ3) is 5.70. The molecular weight excluding hydrogens is 433 g/mol. The Hall–Kier alpha value is -3.72. The Morgan fingerprint density at radius 3 is 2.44 bits per heavy atom. The van der Waals surface area contributed by atoms with Crippen molar-refractivity contribution in [3.05, 3.63) is 89.7 Å². The number of hydrogen-bond acceptors (Lipinski definition) is 5. The molecular formula is C23H22FN3O4S. The van der Waals surface area contributed by atoms with Crippen molar-refractivity contribution in [1.29, 1.82) is 0 Å². The van der Waals surface area contributed by atoms with E-state index < -0.39 is 28.3 Å². The fourth-order valence-electron chi connectivity index (χ4n) is 2.83. The maximum absolute atomic E-state index is 13.4. The second kappa shape index (κ2) is 10.1. The summed E-state index contributed by atoms with van der Waals surface area (Å²) in [5.41, 5.74) is 4.05. The van der Waals surface area contributed by atoms with Gasteiger partial charge in [0.2, 0.25) is 0 Å². The van der Waals surface area contributed by atoms with Crippen molar-refractivity contribution in [2.45, 2.75) is 11.8 Å². The van der Waals surface area contributed by atoms with Crippen molar-refractivity contribution in [3.63, 3.8) is 0 Å². The topological polar surface area (TPSA) is 88.1 Å². The zero-order valence-corrected chi connectivity index (χ0v) is 18.3. The summed E-state index contributed by atoms with van der Waals surface area (Å²) in [4.78, 5) is 12.5. The van der Waals surface area contributed by atoms with E-state index in [-0.39, 0.29) is 10.6 Å². The molecule has 0 bridgehead atoms. The largest absolute Gasteiger partial charge is 0.497 e. The van der Waals surface area contributed by atoms with Crippen LogP contribution in [0.15, 0.2) is 82.8 Å². The van der Waals surface area contributed by atoms with Gasteiger partial charge in [-0.25, -0.2) is 18.2 Å². The van der Waals surface area contributed by atoms with Crippen LogP contribution in [-0.2, 0) is 14.8 Å². The molecule has 9 heteroatoms. The van der Waals surface area contributed by atoms with Crippen molar-refractivity contribution in [1.82, 2.24) is 5.43 Å². The highest BCUT2D eigenvalue weighted by Gasteiger charge is 2.27. The van der Waals surface area contributed by atoms with Crippen LogP contribution >= 0.6 is 0 Å². The first-order chi connectivity index (χ1) is 15.3. The number of benzene rings is 3. The molecule has 1 amide bonds. The Morgan fingerprint density at radius 1 is 1.09 bits per heavy atom. The molecule has 1 N–H and O–H groups in total. The number of ether oxygens (including phenoxy) is 1. The molecule has 0 aliphatic rings. The molecule has 0 aromatic heterocycles. The molecule has 0 aliphatic heterocycles. The lowest BCUT2D eigenvalue weighted by Gasteiger charge is -2.23. The minimum Gasteiger partial charge on any atom is -0.497 e. The third-order valence-electron chi connectivity index (χ3n) is 4.51. The number of methoxy groups -OCH3 is 1. The smallest absolute Gasteiger partial charge is 0.264 e. The van der Waals surface area contributed by atoms with Crippen molar-refractivity contribution in [2.24, 2.45) is 5.10 Å². The summed E-state index contributed by atoms with van der Waals surface area (Å²) in [5, 5.41) is 3.88. The van der Waals surface area contributed by atoms with Crippen LogP contribution in [0, 0.1) is 12.7 Å². The number of hydrogen-bond donors (Lipinski definition) is 1. The fourth-order valence-corrected chi connectivity index (χ4v) is 4.25. The Bertz CT molecular complexity index is 1210. The molecule has 0 heterocycles. The first kappa shape index (κ1) is 23.0. The summed E-state index contributed by atoms with van der Waals surface area (Å²) in [5.74, 6) is -0.551. The number of carbonyl (C=O) groups is 1. The van der Waals surface area contributed by atoms with Gasteiger partial charge in [0.05, 0.1) is 23.9 Å². The molecule has 0 radical (unpaired) electrons. The number of aryl methyl sites for hydroxylation is 1. The first-order valence-corrected chi connectivity index (χ1v) is 11.0. The summed E-state index contributed by atoms with van der Waals surface area (Å²) in [6, 6.07) is 18.1. The number of anilines is 1. The van der Waals surface area contributed by atoms with Crippen LogP contribution in [0.25, 0.3) is 0 Å². The minimum atomic E-state index is -4.08. The summed E-state index contributed by atoms with van der Waals surface area (Å²) in [6.45, 7) is 1.29. The van der Waals surface area contributed by atoms with Crippen LogP contribution in [0.5, 0.6) is 5.75 Å². The molecule has 7 nitrogen and oxygen atoms in total. The van der Waals surface area contributed by atoms with Crippen molar-refractivity contribution >= 4 is 27.8 Å². The third-order valence-corrected chi connectivity index (χ3v) is 6.30. The van der Waals surface area contributed by atoms with Crippen molar-refractivity contribution < 1.29 is 22.3 Å². The monoisotopic (exact) mass is 455 g/mol. The van der Waals surface area contributed by atoms with E-state index in [4.69, 9.17) is 4.74 Å². The second-order valence-electron chi connectivity index (χ2n) is 6.87. The Labute approximate surface area is 186 Å². The molecule has 0 saturated carbocycles. The average Bonchev–Trinajstić information content (AvgIpc) is 2.78. The number of hydrazone groups is 1. The van der Waals surface area contributed by atoms with E-state index >= 15 is 0 Å². The van der Waals surface area contributed by atoms with E-state index in [9.17, 15) is 17.6 Å². The molecule has 0 aliphatic carbocycles. The Morgan fingerprint density at radius 2 is 1.78 bits per heavy atom. The molecule has 3 rings (SSSR count). The molecule has 3 aromatic carbocycles. The standard InChI is InChI=1S/C23H22FN3O4S/c1-17-6-12-22(13-7-17)32(29,30)27(20-10-8-19(24)9-11-20)16-23(28)26-25-15-18-4-3-5-21(14-18)31-2/h3-15H,16H2,1-2H3,(H,26,28)/b25-15-. The molecule has 3 aromatic rings. The van der Waals surface area contributed by atoms with Crippen LogP contribution in [-0.4, -0.2) is 34.2 Å². The van der Waals surface area contributed by atoms with Gasteiger partial charge in [-0.3, -0.25) is 9.10 Å². The highest BCUT2D eigenvalue weighted by Crippen LogP contribution is 2.24. The normalized spacial score (nSPS) is 11.3. The van der Waals surface area contributed by atoms with E-state index in [0.717, 1.165) is 22.0 Å². The van der Waals surface area contributed by atoms with Crippen molar-refractivity contribution in [2.75, 3.05) is 18.0 Å². The summed E-state index contributed by atoms with van der Waals surface area (Å²) in [6.07, 6.45) is 1.41. The van der Waals surface area contributed by atoms with Crippen LogP contribution in [0.1, 0.15) is 11.1 Å². The lowest BCUT2D eigenvalue weighted by atomic mass is 10.2. The fraction of sp³-hybridized carbons (Fsp3) is 0.130. The van der Waals surface area contributed by atoms with Crippen LogP contribution in [0.4, 0.5) is 10.1 Å². The zero-order chi connectivity index (χ0) is 23.1. The van der Waals surface area contributed by atoms with Gasteiger partial charge in [-0.15, -0.1) is 0 Å². The Balaban J connectivity index is 1.82. The number of carbonyl (C=O) groups excluding carboxylic acids is 1. The predicted octanol–water partition coefficient (Wildman–Crippen LogP) is 3.49. The van der Waals surface area contributed by atoms with Crippen molar-refractivity contribution in [3.8, 4) is 5.75 Å². The van der Waals surface area contributed by atoms with E-state index in [1.54, 1.807) is 36.4 Å². The van der Waals surface area contributed by atoms with Gasteiger partial charge >= 0.3 is 0 Å².